The molecule has 9 heteroatoms. The zero-order valence-electron chi connectivity index (χ0n) is 22.2. The number of amides is 3. The van der Waals surface area contributed by atoms with E-state index in [9.17, 15) is 24.0 Å². The second-order valence-electron chi connectivity index (χ2n) is 9.79. The number of nitriles is 1. The third-order valence-electron chi connectivity index (χ3n) is 6.84. The Morgan fingerprint density at radius 2 is 1.68 bits per heavy atom. The number of ether oxygens (including phenoxy) is 1. The maximum absolute atomic E-state index is 13.4. The monoisotopic (exact) mass is 542 g/mol. The molecule has 1 heterocycles. The largest absolute Gasteiger partial charge is 0.363 e. The number of hydrogen-bond donors (Lipinski definition) is 1. The van der Waals surface area contributed by atoms with Gasteiger partial charge in [-0.1, -0.05) is 60.7 Å². The summed E-state index contributed by atoms with van der Waals surface area (Å²) in [6, 6.07) is 25.5. The van der Waals surface area contributed by atoms with Crippen LogP contribution in [-0.2, 0) is 32.1 Å². The highest BCUT2D eigenvalue weighted by atomic mass is 19.1. The Balaban J connectivity index is 1.40. The zero-order valence-corrected chi connectivity index (χ0v) is 22.2. The Morgan fingerprint density at radius 1 is 1.02 bits per heavy atom. The molecule has 1 fully saturated rings. The average Bonchev–Trinajstić information content (AvgIpc) is 3.42. The molecule has 40 heavy (non-hydrogen) atoms. The Bertz CT molecular complexity index is 1350. The first kappa shape index (κ1) is 28.5. The average molecular weight is 543 g/mol. The van der Waals surface area contributed by atoms with E-state index >= 15 is 0 Å². The number of carbonyl (C=O) groups excluding carboxylic acids is 3. The van der Waals surface area contributed by atoms with E-state index in [4.69, 9.17) is 4.74 Å². The van der Waals surface area contributed by atoms with Crippen molar-refractivity contribution in [3.63, 3.8) is 0 Å². The number of likely N-dealkylation sites (tertiary alicyclic amines) is 1. The Labute approximate surface area is 233 Å². The summed E-state index contributed by atoms with van der Waals surface area (Å²) in [6.45, 7) is -0.0129. The van der Waals surface area contributed by atoms with Gasteiger partial charge in [-0.3, -0.25) is 14.4 Å². The molecule has 3 aromatic rings. The molecule has 0 saturated carbocycles. The molecule has 0 radical (unpaired) electrons. The van der Waals surface area contributed by atoms with Crippen molar-refractivity contribution in [3.05, 3.63) is 102 Å². The van der Waals surface area contributed by atoms with E-state index in [1.165, 1.54) is 29.0 Å². The summed E-state index contributed by atoms with van der Waals surface area (Å²) in [5.74, 6) is -2.04. The molecule has 1 aliphatic heterocycles. The van der Waals surface area contributed by atoms with Gasteiger partial charge >= 0.3 is 0 Å². The molecule has 4 rings (SSSR count). The van der Waals surface area contributed by atoms with Gasteiger partial charge < -0.3 is 19.9 Å². The third kappa shape index (κ3) is 7.52. The van der Waals surface area contributed by atoms with Gasteiger partial charge in [0.15, 0.2) is 0 Å². The van der Waals surface area contributed by atoms with Gasteiger partial charge in [-0.15, -0.1) is 0 Å². The van der Waals surface area contributed by atoms with E-state index < -0.39 is 29.9 Å². The predicted molar refractivity (Wildman–Crippen MR) is 147 cm³/mol. The molecule has 0 aliphatic carbocycles. The van der Waals surface area contributed by atoms with E-state index in [2.05, 4.69) is 11.4 Å². The number of likely N-dealkylation sites (N-methyl/N-ethyl adjacent to an activating group) is 1. The van der Waals surface area contributed by atoms with Crippen LogP contribution in [-0.4, -0.2) is 59.8 Å². The van der Waals surface area contributed by atoms with E-state index in [-0.39, 0.29) is 44.3 Å². The molecule has 206 valence electrons. The highest BCUT2D eigenvalue weighted by Gasteiger charge is 2.39. The highest BCUT2D eigenvalue weighted by molar-refractivity contribution is 5.94. The summed E-state index contributed by atoms with van der Waals surface area (Å²) in [7, 11) is 1.50. The van der Waals surface area contributed by atoms with Gasteiger partial charge in [-0.25, -0.2) is 4.39 Å². The van der Waals surface area contributed by atoms with Crippen LogP contribution < -0.4 is 5.32 Å². The number of halogens is 1. The summed E-state index contributed by atoms with van der Waals surface area (Å²) >= 11 is 0. The third-order valence-corrected chi connectivity index (χ3v) is 6.84. The highest BCUT2D eigenvalue weighted by Crippen LogP contribution is 2.25. The van der Waals surface area contributed by atoms with Gasteiger partial charge in [-0.2, -0.15) is 5.26 Å². The smallest absolute Gasteiger partial charge is 0.252 e. The van der Waals surface area contributed by atoms with Gasteiger partial charge in [0.1, 0.15) is 18.0 Å². The van der Waals surface area contributed by atoms with Crippen LogP contribution in [0.2, 0.25) is 0 Å². The topological polar surface area (TPSA) is 103 Å². The van der Waals surface area contributed by atoms with Gasteiger partial charge in [0.2, 0.25) is 11.8 Å². The first-order valence-corrected chi connectivity index (χ1v) is 13.0. The van der Waals surface area contributed by atoms with Crippen molar-refractivity contribution < 1.29 is 23.5 Å². The standard InChI is InChI=1S/C31H31FN4O4/c1-35(20-29(37)36-19-24(17-27(36)18-33)30(38)34-26-10-6-3-7-11-26)31(39)28(16-22-12-14-25(32)15-13-22)40-21-23-8-4-2-5-9-23/h2-15,24,27-28H,16-17,19-21H2,1H3,(H,34,38). The van der Waals surface area contributed by atoms with Crippen molar-refractivity contribution in [2.75, 3.05) is 25.5 Å². The van der Waals surface area contributed by atoms with Crippen molar-refractivity contribution >= 4 is 23.4 Å². The minimum Gasteiger partial charge on any atom is -0.363 e. The lowest BCUT2D eigenvalue weighted by atomic mass is 10.1. The Morgan fingerprint density at radius 3 is 2.33 bits per heavy atom. The molecular formula is C31H31FN4O4. The number of carbonyl (C=O) groups is 3. The first-order valence-electron chi connectivity index (χ1n) is 13.0. The van der Waals surface area contributed by atoms with Gasteiger partial charge in [-0.05, 0) is 41.8 Å². The second-order valence-corrected chi connectivity index (χ2v) is 9.79. The molecular weight excluding hydrogens is 511 g/mol. The summed E-state index contributed by atoms with van der Waals surface area (Å²) in [6.07, 6.45) is -0.513. The van der Waals surface area contributed by atoms with Crippen LogP contribution in [0.15, 0.2) is 84.9 Å². The summed E-state index contributed by atoms with van der Waals surface area (Å²) in [5.41, 5.74) is 2.23. The Kier molecular flexibility index (Phi) is 9.60. The van der Waals surface area contributed by atoms with E-state index in [1.54, 1.807) is 36.4 Å². The normalized spacial score (nSPS) is 17.1. The number of benzene rings is 3. The van der Waals surface area contributed by atoms with E-state index in [0.717, 1.165) is 5.56 Å². The van der Waals surface area contributed by atoms with E-state index in [1.807, 2.05) is 36.4 Å². The van der Waals surface area contributed by atoms with Crippen molar-refractivity contribution in [3.8, 4) is 6.07 Å². The molecule has 0 bridgehead atoms. The van der Waals surface area contributed by atoms with Crippen molar-refractivity contribution in [1.29, 1.82) is 5.26 Å². The molecule has 3 amide bonds. The van der Waals surface area contributed by atoms with Crippen LogP contribution >= 0.6 is 0 Å². The van der Waals surface area contributed by atoms with Gasteiger partial charge in [0.05, 0.1) is 25.1 Å². The number of nitrogens with zero attached hydrogens (tertiary/aromatic N) is 3. The summed E-state index contributed by atoms with van der Waals surface area (Å²) in [4.78, 5) is 42.1. The zero-order chi connectivity index (χ0) is 28.5. The molecule has 0 spiro atoms. The maximum Gasteiger partial charge on any atom is 0.252 e. The maximum atomic E-state index is 13.4. The number of nitrogens with one attached hydrogen (secondary N) is 1. The fourth-order valence-electron chi connectivity index (χ4n) is 4.63. The summed E-state index contributed by atoms with van der Waals surface area (Å²) < 4.78 is 19.4. The van der Waals surface area contributed by atoms with Crippen molar-refractivity contribution in [2.45, 2.75) is 31.6 Å². The fraction of sp³-hybridized carbons (Fsp3) is 0.290. The summed E-state index contributed by atoms with van der Waals surface area (Å²) in [5, 5.41) is 12.5. The van der Waals surface area contributed by atoms with Crippen molar-refractivity contribution in [2.24, 2.45) is 5.92 Å². The van der Waals surface area contributed by atoms with E-state index in [0.29, 0.717) is 11.3 Å². The van der Waals surface area contributed by atoms with Crippen LogP contribution in [0.5, 0.6) is 0 Å². The lowest BCUT2D eigenvalue weighted by Crippen LogP contribution is -2.46. The van der Waals surface area contributed by atoms with Crippen LogP contribution in [0.3, 0.4) is 0 Å². The van der Waals surface area contributed by atoms with Gasteiger partial charge in [0.25, 0.3) is 5.91 Å². The molecule has 1 saturated heterocycles. The number of hydrogen-bond acceptors (Lipinski definition) is 5. The van der Waals surface area contributed by atoms with Crippen LogP contribution in [0.25, 0.3) is 0 Å². The number of rotatable bonds is 10. The molecule has 8 nitrogen and oxygen atoms in total. The Hall–Kier alpha value is -4.55. The van der Waals surface area contributed by atoms with Crippen LogP contribution in [0.1, 0.15) is 17.5 Å². The lowest BCUT2D eigenvalue weighted by molar-refractivity contribution is -0.147. The molecule has 3 atom stereocenters. The quantitative estimate of drug-likeness (QED) is 0.420. The lowest BCUT2D eigenvalue weighted by Gasteiger charge is -2.27. The number of anilines is 1. The predicted octanol–water partition coefficient (Wildman–Crippen LogP) is 3.79. The molecule has 3 unspecified atom stereocenters. The minimum atomic E-state index is -0.918. The molecule has 0 aromatic heterocycles. The second kappa shape index (κ2) is 13.5. The minimum absolute atomic E-state index is 0.0846. The van der Waals surface area contributed by atoms with Crippen molar-refractivity contribution in [1.82, 2.24) is 9.80 Å². The fourth-order valence-corrected chi connectivity index (χ4v) is 4.63. The SMILES string of the molecule is CN(CC(=O)N1CC(C(=O)Nc2ccccc2)CC1C#N)C(=O)C(Cc1ccc(F)cc1)OCc1ccccc1. The first-order chi connectivity index (χ1) is 19.3. The van der Waals surface area contributed by atoms with Crippen LogP contribution in [0, 0.1) is 23.1 Å². The number of para-hydroxylation sites is 1. The van der Waals surface area contributed by atoms with Crippen LogP contribution in [0.4, 0.5) is 10.1 Å². The van der Waals surface area contributed by atoms with Gasteiger partial charge in [0, 0.05) is 25.7 Å². The molecule has 1 aliphatic rings. The molecule has 3 aromatic carbocycles. The molecule has 1 N–H and O–H groups in total.